The standard InChI is InChI=1S/C20H17F3N4O/c1-12-6-5-9-15(13(12)2)27-19(28)17-10-25-18(11-24-17)26-16-8-4-3-7-14(16)20(21,22)23/h3-11H,1-2H3,(H,25,26)(H,27,28). The summed E-state index contributed by atoms with van der Waals surface area (Å²) >= 11 is 0. The number of hydrogen-bond donors (Lipinski definition) is 2. The maximum atomic E-state index is 13.1. The maximum absolute atomic E-state index is 13.1. The highest BCUT2D eigenvalue weighted by Gasteiger charge is 2.33. The van der Waals surface area contributed by atoms with E-state index in [0.717, 1.165) is 17.2 Å². The third-order valence-electron chi connectivity index (χ3n) is 4.23. The van der Waals surface area contributed by atoms with Crippen molar-refractivity contribution >= 4 is 23.1 Å². The number of amides is 1. The zero-order valence-electron chi connectivity index (χ0n) is 15.1. The second kappa shape index (κ2) is 7.67. The van der Waals surface area contributed by atoms with Crippen molar-refractivity contribution in [3.05, 3.63) is 77.2 Å². The number of carbonyl (C=O) groups excluding carboxylic acids is 1. The van der Waals surface area contributed by atoms with Gasteiger partial charge in [-0.3, -0.25) is 4.79 Å². The molecule has 1 heterocycles. The van der Waals surface area contributed by atoms with Crippen molar-refractivity contribution in [1.82, 2.24) is 9.97 Å². The first-order chi connectivity index (χ1) is 13.3. The number of rotatable bonds is 4. The number of para-hydroxylation sites is 1. The molecule has 3 rings (SSSR count). The monoisotopic (exact) mass is 386 g/mol. The van der Waals surface area contributed by atoms with Crippen molar-refractivity contribution in [2.75, 3.05) is 10.6 Å². The number of nitrogens with one attached hydrogen (secondary N) is 2. The van der Waals surface area contributed by atoms with E-state index in [4.69, 9.17) is 0 Å². The third kappa shape index (κ3) is 4.28. The molecule has 5 nitrogen and oxygen atoms in total. The quantitative estimate of drug-likeness (QED) is 0.654. The third-order valence-corrected chi connectivity index (χ3v) is 4.23. The van der Waals surface area contributed by atoms with E-state index in [1.807, 2.05) is 26.0 Å². The van der Waals surface area contributed by atoms with Crippen LogP contribution in [0.1, 0.15) is 27.2 Å². The molecule has 0 saturated carbocycles. The van der Waals surface area contributed by atoms with Crippen LogP contribution in [-0.4, -0.2) is 15.9 Å². The SMILES string of the molecule is Cc1cccc(NC(=O)c2cnc(Nc3ccccc3C(F)(F)F)cn2)c1C. The summed E-state index contributed by atoms with van der Waals surface area (Å²) < 4.78 is 39.2. The first kappa shape index (κ1) is 19.3. The molecule has 0 unspecified atom stereocenters. The molecule has 0 bridgehead atoms. The van der Waals surface area contributed by atoms with E-state index >= 15 is 0 Å². The fourth-order valence-electron chi connectivity index (χ4n) is 2.56. The van der Waals surface area contributed by atoms with E-state index < -0.39 is 17.6 Å². The average molecular weight is 386 g/mol. The van der Waals surface area contributed by atoms with Gasteiger partial charge < -0.3 is 10.6 Å². The molecular weight excluding hydrogens is 369 g/mol. The Morgan fingerprint density at radius 3 is 2.32 bits per heavy atom. The number of hydrogen-bond acceptors (Lipinski definition) is 4. The summed E-state index contributed by atoms with van der Waals surface area (Å²) in [5, 5.41) is 5.34. The van der Waals surface area contributed by atoms with Crippen LogP contribution in [0.4, 0.5) is 30.4 Å². The predicted octanol–water partition coefficient (Wildman–Crippen LogP) is 5.11. The van der Waals surface area contributed by atoms with Crippen LogP contribution in [0.15, 0.2) is 54.9 Å². The lowest BCUT2D eigenvalue weighted by Crippen LogP contribution is -2.15. The molecule has 1 amide bonds. The van der Waals surface area contributed by atoms with Gasteiger partial charge in [0.1, 0.15) is 11.5 Å². The summed E-state index contributed by atoms with van der Waals surface area (Å²) in [5.41, 5.74) is 1.73. The molecule has 8 heteroatoms. The number of benzene rings is 2. The van der Waals surface area contributed by atoms with Gasteiger partial charge in [0.15, 0.2) is 0 Å². The number of alkyl halides is 3. The molecule has 0 spiro atoms. The fraction of sp³-hybridized carbons (Fsp3) is 0.150. The van der Waals surface area contributed by atoms with Gasteiger partial charge in [-0.2, -0.15) is 13.2 Å². The van der Waals surface area contributed by atoms with Crippen molar-refractivity contribution < 1.29 is 18.0 Å². The fourth-order valence-corrected chi connectivity index (χ4v) is 2.56. The van der Waals surface area contributed by atoms with Gasteiger partial charge in [0.2, 0.25) is 0 Å². The van der Waals surface area contributed by atoms with Crippen LogP contribution in [0.3, 0.4) is 0 Å². The molecule has 0 atom stereocenters. The molecule has 144 valence electrons. The first-order valence-corrected chi connectivity index (χ1v) is 8.38. The van der Waals surface area contributed by atoms with E-state index in [-0.39, 0.29) is 17.2 Å². The van der Waals surface area contributed by atoms with E-state index in [1.54, 1.807) is 6.07 Å². The number of aromatic nitrogens is 2. The Morgan fingerprint density at radius 1 is 0.929 bits per heavy atom. The van der Waals surface area contributed by atoms with E-state index in [1.165, 1.54) is 30.6 Å². The Morgan fingerprint density at radius 2 is 1.64 bits per heavy atom. The largest absolute Gasteiger partial charge is 0.418 e. The highest BCUT2D eigenvalue weighted by molar-refractivity contribution is 6.03. The lowest BCUT2D eigenvalue weighted by Gasteiger charge is -2.14. The van der Waals surface area contributed by atoms with Crippen LogP contribution in [-0.2, 0) is 6.18 Å². The molecule has 1 aromatic heterocycles. The summed E-state index contributed by atoms with van der Waals surface area (Å²) in [6, 6.07) is 10.6. The van der Waals surface area contributed by atoms with Gasteiger partial charge in [-0.05, 0) is 43.2 Å². The molecule has 0 aliphatic carbocycles. The Labute approximate surface area is 159 Å². The molecule has 28 heavy (non-hydrogen) atoms. The minimum Gasteiger partial charge on any atom is -0.338 e. The van der Waals surface area contributed by atoms with Crippen LogP contribution in [0.25, 0.3) is 0 Å². The van der Waals surface area contributed by atoms with Crippen LogP contribution in [0, 0.1) is 13.8 Å². The molecule has 0 radical (unpaired) electrons. The highest BCUT2D eigenvalue weighted by Crippen LogP contribution is 2.35. The maximum Gasteiger partial charge on any atom is 0.418 e. The molecule has 2 aromatic carbocycles. The lowest BCUT2D eigenvalue weighted by atomic mass is 10.1. The van der Waals surface area contributed by atoms with Gasteiger partial charge >= 0.3 is 6.18 Å². The van der Waals surface area contributed by atoms with E-state index in [9.17, 15) is 18.0 Å². The van der Waals surface area contributed by atoms with Crippen LogP contribution < -0.4 is 10.6 Å². The second-order valence-corrected chi connectivity index (χ2v) is 6.16. The van der Waals surface area contributed by atoms with Gasteiger partial charge in [0.25, 0.3) is 5.91 Å². The zero-order chi connectivity index (χ0) is 20.3. The highest BCUT2D eigenvalue weighted by atomic mass is 19.4. The van der Waals surface area contributed by atoms with Crippen molar-refractivity contribution in [2.45, 2.75) is 20.0 Å². The number of halogens is 3. The summed E-state index contributed by atoms with van der Waals surface area (Å²) in [6.07, 6.45) is -2.08. The van der Waals surface area contributed by atoms with Crippen molar-refractivity contribution in [2.24, 2.45) is 0 Å². The second-order valence-electron chi connectivity index (χ2n) is 6.16. The molecule has 0 aliphatic heterocycles. The summed E-state index contributed by atoms with van der Waals surface area (Å²) in [4.78, 5) is 20.3. The zero-order valence-corrected chi connectivity index (χ0v) is 15.1. The summed E-state index contributed by atoms with van der Waals surface area (Å²) in [6.45, 7) is 3.83. The Bertz CT molecular complexity index is 1000. The minimum atomic E-state index is -4.50. The topological polar surface area (TPSA) is 66.9 Å². The van der Waals surface area contributed by atoms with Crippen molar-refractivity contribution in [1.29, 1.82) is 0 Å². The number of aryl methyl sites for hydroxylation is 1. The Kier molecular flexibility index (Phi) is 5.30. The van der Waals surface area contributed by atoms with Gasteiger partial charge in [-0.1, -0.05) is 24.3 Å². The molecule has 0 saturated heterocycles. The summed E-state index contributed by atoms with van der Waals surface area (Å²) in [7, 11) is 0. The lowest BCUT2D eigenvalue weighted by molar-refractivity contribution is -0.136. The van der Waals surface area contributed by atoms with Crippen LogP contribution in [0.5, 0.6) is 0 Å². The summed E-state index contributed by atoms with van der Waals surface area (Å²) in [5.74, 6) is -0.358. The minimum absolute atomic E-state index is 0.0514. The first-order valence-electron chi connectivity index (χ1n) is 8.38. The number of carbonyl (C=O) groups is 1. The van der Waals surface area contributed by atoms with Crippen molar-refractivity contribution in [3.63, 3.8) is 0 Å². The van der Waals surface area contributed by atoms with E-state index in [0.29, 0.717) is 5.69 Å². The van der Waals surface area contributed by atoms with Crippen molar-refractivity contribution in [3.8, 4) is 0 Å². The van der Waals surface area contributed by atoms with Gasteiger partial charge in [-0.25, -0.2) is 9.97 Å². The predicted molar refractivity (Wildman–Crippen MR) is 101 cm³/mol. The molecule has 3 aromatic rings. The molecular formula is C20H17F3N4O. The van der Waals surface area contributed by atoms with Crippen LogP contribution in [0.2, 0.25) is 0 Å². The number of nitrogens with zero attached hydrogens (tertiary/aromatic N) is 2. The van der Waals surface area contributed by atoms with Gasteiger partial charge in [0.05, 0.1) is 23.6 Å². The number of anilines is 3. The van der Waals surface area contributed by atoms with Gasteiger partial charge in [0, 0.05) is 5.69 Å². The van der Waals surface area contributed by atoms with Crippen LogP contribution >= 0.6 is 0 Å². The Balaban J connectivity index is 1.76. The van der Waals surface area contributed by atoms with E-state index in [2.05, 4.69) is 20.6 Å². The molecule has 0 fully saturated rings. The normalized spacial score (nSPS) is 11.2. The van der Waals surface area contributed by atoms with Gasteiger partial charge in [-0.15, -0.1) is 0 Å². The average Bonchev–Trinajstić information content (AvgIpc) is 2.65. The smallest absolute Gasteiger partial charge is 0.338 e. The molecule has 2 N–H and O–H groups in total. The molecule has 0 aliphatic rings. The Hall–Kier alpha value is -3.42.